The van der Waals surface area contributed by atoms with E-state index in [0.29, 0.717) is 11.5 Å². The van der Waals surface area contributed by atoms with Gasteiger partial charge in [-0.25, -0.2) is 4.98 Å². The van der Waals surface area contributed by atoms with E-state index in [1.807, 2.05) is 49.4 Å². The Bertz CT molecular complexity index is 1030. The first-order valence-corrected chi connectivity index (χ1v) is 11.3. The lowest BCUT2D eigenvalue weighted by Crippen LogP contribution is -2.48. The number of nitrogens with one attached hydrogen (secondary N) is 1. The summed E-state index contributed by atoms with van der Waals surface area (Å²) in [6, 6.07) is 16.8. The van der Waals surface area contributed by atoms with Gasteiger partial charge in [0, 0.05) is 30.4 Å². The molecule has 2 aromatic carbocycles. The van der Waals surface area contributed by atoms with Crippen LogP contribution >= 0.6 is 0 Å². The number of benzene rings is 2. The molecular weight excluding hydrogens is 372 g/mol. The summed E-state index contributed by atoms with van der Waals surface area (Å²) < 4.78 is 2.13. The maximum Gasteiger partial charge on any atom is 0.251 e. The lowest BCUT2D eigenvalue weighted by atomic mass is 9.88. The van der Waals surface area contributed by atoms with Crippen molar-refractivity contribution in [3.8, 4) is 5.69 Å². The lowest BCUT2D eigenvalue weighted by molar-refractivity contribution is 0.0736. The number of rotatable bonds is 5. The molecule has 1 aliphatic heterocycles. The van der Waals surface area contributed by atoms with Gasteiger partial charge in [0.15, 0.2) is 0 Å². The summed E-state index contributed by atoms with van der Waals surface area (Å²) >= 11 is 0. The Balaban J connectivity index is 1.23. The molecule has 1 aromatic heterocycles. The molecule has 1 atom stereocenters. The van der Waals surface area contributed by atoms with Crippen molar-refractivity contribution in [2.75, 3.05) is 19.6 Å². The summed E-state index contributed by atoms with van der Waals surface area (Å²) in [4.78, 5) is 20.0. The van der Waals surface area contributed by atoms with Gasteiger partial charge in [-0.1, -0.05) is 18.6 Å². The maximum atomic E-state index is 12.7. The number of aryl methyl sites for hydroxylation is 1. The largest absolute Gasteiger partial charge is 0.352 e. The standard InChI is InChI=1S/C25H30N4O/c1-18-27-23-9-2-3-10-24(23)29(18)22-13-11-20(12-14-22)25(30)26-16-19-6-5-15-28(17-19)21-7-4-8-21/h2-3,9-14,19,21H,4-8,15-17H2,1H3,(H,26,30). The number of carbonyl (C=O) groups excluding carboxylic acids is 1. The Morgan fingerprint density at radius 2 is 1.87 bits per heavy atom. The predicted octanol–water partition coefficient (Wildman–Crippen LogP) is 4.33. The van der Waals surface area contributed by atoms with Gasteiger partial charge in [-0.2, -0.15) is 0 Å². The van der Waals surface area contributed by atoms with Crippen LogP contribution in [0.2, 0.25) is 0 Å². The molecule has 1 unspecified atom stereocenters. The van der Waals surface area contributed by atoms with Crippen molar-refractivity contribution in [1.82, 2.24) is 19.8 Å². The van der Waals surface area contributed by atoms with Crippen molar-refractivity contribution in [3.63, 3.8) is 0 Å². The van der Waals surface area contributed by atoms with Crippen LogP contribution in [0.4, 0.5) is 0 Å². The molecule has 0 spiro atoms. The van der Waals surface area contributed by atoms with Gasteiger partial charge in [0.05, 0.1) is 11.0 Å². The van der Waals surface area contributed by atoms with Gasteiger partial charge in [0.25, 0.3) is 5.91 Å². The SMILES string of the molecule is Cc1nc2ccccc2n1-c1ccc(C(=O)NCC2CCCN(C3CCC3)C2)cc1. The highest BCUT2D eigenvalue weighted by Gasteiger charge is 2.29. The third kappa shape index (κ3) is 3.74. The summed E-state index contributed by atoms with van der Waals surface area (Å²) in [6.45, 7) is 5.16. The zero-order valence-electron chi connectivity index (χ0n) is 17.7. The van der Waals surface area contributed by atoms with Crippen LogP contribution in [0.25, 0.3) is 16.7 Å². The Morgan fingerprint density at radius 3 is 2.63 bits per heavy atom. The van der Waals surface area contributed by atoms with E-state index in [2.05, 4.69) is 25.8 Å². The molecule has 1 amide bonds. The number of nitrogens with zero attached hydrogens (tertiary/aromatic N) is 3. The summed E-state index contributed by atoms with van der Waals surface area (Å²) in [5.41, 5.74) is 3.81. The Morgan fingerprint density at radius 1 is 1.07 bits per heavy atom. The number of hydrogen-bond acceptors (Lipinski definition) is 3. The fraction of sp³-hybridized carbons (Fsp3) is 0.440. The molecule has 1 saturated heterocycles. The number of piperidine rings is 1. The number of likely N-dealkylation sites (tertiary alicyclic amines) is 1. The van der Waals surface area contributed by atoms with Gasteiger partial charge in [-0.05, 0) is 81.5 Å². The van der Waals surface area contributed by atoms with Crippen LogP contribution in [-0.2, 0) is 0 Å². The van der Waals surface area contributed by atoms with Crippen LogP contribution in [0.1, 0.15) is 48.3 Å². The Kier molecular flexibility index (Phi) is 5.30. The molecule has 2 aliphatic rings. The first-order chi connectivity index (χ1) is 14.7. The van der Waals surface area contributed by atoms with Crippen LogP contribution < -0.4 is 5.32 Å². The van der Waals surface area contributed by atoms with Crippen LogP contribution in [-0.4, -0.2) is 46.0 Å². The molecule has 1 aliphatic carbocycles. The average molecular weight is 403 g/mol. The molecule has 3 aromatic rings. The topological polar surface area (TPSA) is 50.2 Å². The van der Waals surface area contributed by atoms with Crippen molar-refractivity contribution in [2.45, 2.75) is 45.1 Å². The summed E-state index contributed by atoms with van der Waals surface area (Å²) in [5, 5.41) is 3.17. The van der Waals surface area contributed by atoms with E-state index >= 15 is 0 Å². The minimum absolute atomic E-state index is 0.0227. The van der Waals surface area contributed by atoms with Crippen LogP contribution in [0.15, 0.2) is 48.5 Å². The highest BCUT2D eigenvalue weighted by Crippen LogP contribution is 2.29. The van der Waals surface area contributed by atoms with Crippen LogP contribution in [0.3, 0.4) is 0 Å². The molecule has 1 saturated carbocycles. The molecule has 5 rings (SSSR count). The van der Waals surface area contributed by atoms with Crippen molar-refractivity contribution < 1.29 is 4.79 Å². The molecule has 0 bridgehead atoms. The quantitative estimate of drug-likeness (QED) is 0.691. The molecular formula is C25H30N4O. The van der Waals surface area contributed by atoms with Crippen LogP contribution in [0, 0.1) is 12.8 Å². The number of imidazole rings is 1. The molecule has 0 radical (unpaired) electrons. The molecule has 5 nitrogen and oxygen atoms in total. The number of carbonyl (C=O) groups is 1. The van der Waals surface area contributed by atoms with E-state index in [1.54, 1.807) is 0 Å². The van der Waals surface area contributed by atoms with Gasteiger partial charge in [-0.3, -0.25) is 9.36 Å². The number of amides is 1. The van der Waals surface area contributed by atoms with E-state index in [0.717, 1.165) is 41.7 Å². The van der Waals surface area contributed by atoms with Crippen molar-refractivity contribution >= 4 is 16.9 Å². The van der Waals surface area contributed by atoms with Gasteiger partial charge in [0.2, 0.25) is 0 Å². The Hall–Kier alpha value is -2.66. The first kappa shape index (κ1) is 19.3. The average Bonchev–Trinajstić information content (AvgIpc) is 3.07. The minimum Gasteiger partial charge on any atom is -0.352 e. The number of hydrogen-bond donors (Lipinski definition) is 1. The van der Waals surface area contributed by atoms with Crippen molar-refractivity contribution in [1.29, 1.82) is 0 Å². The van der Waals surface area contributed by atoms with Gasteiger partial charge in [0.1, 0.15) is 5.82 Å². The second-order valence-corrected chi connectivity index (χ2v) is 8.83. The molecule has 1 N–H and O–H groups in total. The van der Waals surface area contributed by atoms with E-state index in [9.17, 15) is 4.79 Å². The zero-order valence-corrected chi connectivity index (χ0v) is 17.7. The predicted molar refractivity (Wildman–Crippen MR) is 120 cm³/mol. The number of aromatic nitrogens is 2. The normalized spacial score (nSPS) is 20.2. The number of para-hydroxylation sites is 2. The van der Waals surface area contributed by atoms with Crippen molar-refractivity contribution in [2.24, 2.45) is 5.92 Å². The fourth-order valence-corrected chi connectivity index (χ4v) is 4.92. The number of fused-ring (bicyclic) bond motifs is 1. The van der Waals surface area contributed by atoms with E-state index in [-0.39, 0.29) is 5.91 Å². The maximum absolute atomic E-state index is 12.7. The third-order valence-electron chi connectivity index (χ3n) is 6.81. The second-order valence-electron chi connectivity index (χ2n) is 8.83. The highest BCUT2D eigenvalue weighted by atomic mass is 16.1. The van der Waals surface area contributed by atoms with E-state index < -0.39 is 0 Å². The van der Waals surface area contributed by atoms with E-state index in [4.69, 9.17) is 0 Å². The van der Waals surface area contributed by atoms with Gasteiger partial charge < -0.3 is 10.2 Å². The van der Waals surface area contributed by atoms with Gasteiger partial charge in [-0.15, -0.1) is 0 Å². The molecule has 2 heterocycles. The molecule has 30 heavy (non-hydrogen) atoms. The fourth-order valence-electron chi connectivity index (χ4n) is 4.92. The zero-order chi connectivity index (χ0) is 20.5. The second kappa shape index (κ2) is 8.23. The molecule has 5 heteroatoms. The summed E-state index contributed by atoms with van der Waals surface area (Å²) in [6.07, 6.45) is 6.57. The lowest BCUT2D eigenvalue weighted by Gasteiger charge is -2.42. The Labute approximate surface area is 178 Å². The monoisotopic (exact) mass is 402 g/mol. The molecule has 2 fully saturated rings. The first-order valence-electron chi connectivity index (χ1n) is 11.3. The smallest absolute Gasteiger partial charge is 0.251 e. The third-order valence-corrected chi connectivity index (χ3v) is 6.81. The summed E-state index contributed by atoms with van der Waals surface area (Å²) in [7, 11) is 0. The molecule has 156 valence electrons. The summed E-state index contributed by atoms with van der Waals surface area (Å²) in [5.74, 6) is 1.54. The van der Waals surface area contributed by atoms with Crippen molar-refractivity contribution in [3.05, 3.63) is 59.9 Å². The van der Waals surface area contributed by atoms with E-state index in [1.165, 1.54) is 38.6 Å². The highest BCUT2D eigenvalue weighted by molar-refractivity contribution is 5.94. The minimum atomic E-state index is 0.0227. The van der Waals surface area contributed by atoms with Crippen LogP contribution in [0.5, 0.6) is 0 Å². The van der Waals surface area contributed by atoms with Gasteiger partial charge >= 0.3 is 0 Å².